The summed E-state index contributed by atoms with van der Waals surface area (Å²) in [6.07, 6.45) is 1.43. The lowest BCUT2D eigenvalue weighted by Gasteiger charge is -2.08. The molecule has 2 aromatic carbocycles. The van der Waals surface area contributed by atoms with E-state index in [-0.39, 0.29) is 17.6 Å². The number of hydrogen-bond acceptors (Lipinski definition) is 7. The van der Waals surface area contributed by atoms with Crippen molar-refractivity contribution in [3.63, 3.8) is 0 Å². The van der Waals surface area contributed by atoms with Crippen LogP contribution in [0.5, 0.6) is 11.5 Å². The number of carbonyl (C=O) groups is 2. The molecule has 0 atom stereocenters. The molecule has 0 saturated carbocycles. The van der Waals surface area contributed by atoms with Gasteiger partial charge in [-0.3, -0.25) is 14.9 Å². The van der Waals surface area contributed by atoms with Crippen LogP contribution in [0.1, 0.15) is 20.9 Å². The number of furan rings is 1. The first-order valence-electron chi connectivity index (χ1n) is 9.51. The van der Waals surface area contributed by atoms with E-state index < -0.39 is 0 Å². The quantitative estimate of drug-likeness (QED) is 0.415. The summed E-state index contributed by atoms with van der Waals surface area (Å²) in [7, 11) is 3.17. The van der Waals surface area contributed by atoms with Gasteiger partial charge in [-0.1, -0.05) is 0 Å². The molecule has 4 aromatic rings. The maximum Gasteiger partial charge on any atom is 0.291 e. The molecule has 0 aliphatic carbocycles. The van der Waals surface area contributed by atoms with Gasteiger partial charge in [0.2, 0.25) is 0 Å². The highest BCUT2D eigenvalue weighted by Crippen LogP contribution is 2.35. The molecule has 0 spiro atoms. The van der Waals surface area contributed by atoms with Crippen molar-refractivity contribution in [2.24, 2.45) is 0 Å². The average Bonchev–Trinajstić information content (AvgIpc) is 3.51. The number of benzene rings is 2. The highest BCUT2D eigenvalue weighted by Gasteiger charge is 2.14. The molecule has 0 unspecified atom stereocenters. The van der Waals surface area contributed by atoms with Crippen molar-refractivity contribution in [1.29, 1.82) is 0 Å². The van der Waals surface area contributed by atoms with Crippen molar-refractivity contribution >= 4 is 34.0 Å². The van der Waals surface area contributed by atoms with Gasteiger partial charge in [0.15, 0.2) is 10.9 Å². The smallest absolute Gasteiger partial charge is 0.291 e. The molecular formula is C23H19N3O5S. The van der Waals surface area contributed by atoms with Gasteiger partial charge in [-0.25, -0.2) is 4.98 Å². The average molecular weight is 449 g/mol. The molecule has 32 heavy (non-hydrogen) atoms. The number of methoxy groups -OCH3 is 2. The highest BCUT2D eigenvalue weighted by molar-refractivity contribution is 7.14. The third kappa shape index (κ3) is 4.62. The zero-order valence-electron chi connectivity index (χ0n) is 17.2. The maximum absolute atomic E-state index is 12.6. The Morgan fingerprint density at radius 2 is 1.78 bits per heavy atom. The number of rotatable bonds is 7. The molecule has 0 radical (unpaired) electrons. The molecule has 0 bridgehead atoms. The molecule has 2 amide bonds. The first-order valence-corrected chi connectivity index (χ1v) is 10.4. The summed E-state index contributed by atoms with van der Waals surface area (Å²) in [5, 5.41) is 7.78. The van der Waals surface area contributed by atoms with Crippen LogP contribution in [0.15, 0.2) is 70.7 Å². The Morgan fingerprint density at radius 1 is 0.969 bits per heavy atom. The summed E-state index contributed by atoms with van der Waals surface area (Å²) < 4.78 is 15.7. The fourth-order valence-electron chi connectivity index (χ4n) is 2.94. The molecule has 2 N–H and O–H groups in total. The number of thiazole rings is 1. The van der Waals surface area contributed by atoms with E-state index in [9.17, 15) is 9.59 Å². The van der Waals surface area contributed by atoms with Gasteiger partial charge in [0.25, 0.3) is 11.8 Å². The van der Waals surface area contributed by atoms with Crippen LogP contribution in [-0.2, 0) is 0 Å². The zero-order chi connectivity index (χ0) is 22.5. The molecule has 0 saturated heterocycles. The van der Waals surface area contributed by atoms with Gasteiger partial charge in [-0.2, -0.15) is 0 Å². The van der Waals surface area contributed by atoms with Crippen LogP contribution in [-0.4, -0.2) is 31.0 Å². The summed E-state index contributed by atoms with van der Waals surface area (Å²) in [5.41, 5.74) is 2.40. The third-order valence-corrected chi connectivity index (χ3v) is 5.31. The van der Waals surface area contributed by atoms with Crippen LogP contribution in [0, 0.1) is 0 Å². The molecule has 8 nitrogen and oxygen atoms in total. The fourth-order valence-corrected chi connectivity index (χ4v) is 3.65. The first kappa shape index (κ1) is 21.1. The van der Waals surface area contributed by atoms with Gasteiger partial charge < -0.3 is 19.2 Å². The summed E-state index contributed by atoms with van der Waals surface area (Å²) >= 11 is 1.30. The predicted molar refractivity (Wildman–Crippen MR) is 122 cm³/mol. The van der Waals surface area contributed by atoms with Gasteiger partial charge >= 0.3 is 0 Å². The minimum Gasteiger partial charge on any atom is -0.497 e. The summed E-state index contributed by atoms with van der Waals surface area (Å²) in [6.45, 7) is 0. The SMILES string of the molecule is COc1ccc(OC)c(-c2csc(NC(=O)c3ccc(NC(=O)c4ccco4)cc3)n2)c1. The predicted octanol–water partition coefficient (Wildman–Crippen LogP) is 4.92. The third-order valence-electron chi connectivity index (χ3n) is 4.56. The van der Waals surface area contributed by atoms with Crippen molar-refractivity contribution in [2.75, 3.05) is 24.9 Å². The van der Waals surface area contributed by atoms with E-state index in [0.717, 1.165) is 5.56 Å². The van der Waals surface area contributed by atoms with Crippen molar-refractivity contribution in [1.82, 2.24) is 4.98 Å². The number of nitrogens with one attached hydrogen (secondary N) is 2. The van der Waals surface area contributed by atoms with E-state index in [1.165, 1.54) is 17.6 Å². The molecule has 0 fully saturated rings. The summed E-state index contributed by atoms with van der Waals surface area (Å²) in [5.74, 6) is 0.863. The summed E-state index contributed by atoms with van der Waals surface area (Å²) in [4.78, 5) is 29.1. The molecule has 0 aliphatic heterocycles. The Morgan fingerprint density at radius 3 is 2.47 bits per heavy atom. The molecule has 4 rings (SSSR count). The largest absolute Gasteiger partial charge is 0.497 e. The Labute approximate surface area is 187 Å². The van der Waals surface area contributed by atoms with Crippen LogP contribution >= 0.6 is 11.3 Å². The van der Waals surface area contributed by atoms with Crippen molar-refractivity contribution < 1.29 is 23.5 Å². The number of nitrogens with zero attached hydrogens (tertiary/aromatic N) is 1. The van der Waals surface area contributed by atoms with Gasteiger partial charge in [0.1, 0.15) is 11.5 Å². The van der Waals surface area contributed by atoms with E-state index >= 15 is 0 Å². The number of ether oxygens (including phenoxy) is 2. The van der Waals surface area contributed by atoms with E-state index in [0.29, 0.717) is 33.6 Å². The minimum absolute atomic E-state index is 0.207. The Balaban J connectivity index is 1.44. The van der Waals surface area contributed by atoms with Crippen LogP contribution in [0.4, 0.5) is 10.8 Å². The molecule has 9 heteroatoms. The minimum atomic E-state index is -0.365. The second kappa shape index (κ2) is 9.36. The van der Waals surface area contributed by atoms with E-state index in [4.69, 9.17) is 13.9 Å². The van der Waals surface area contributed by atoms with Crippen LogP contribution in [0.3, 0.4) is 0 Å². The van der Waals surface area contributed by atoms with Crippen molar-refractivity contribution in [3.05, 3.63) is 77.6 Å². The molecule has 0 aliphatic rings. The van der Waals surface area contributed by atoms with E-state index in [2.05, 4.69) is 15.6 Å². The lowest BCUT2D eigenvalue weighted by atomic mass is 10.1. The van der Waals surface area contributed by atoms with Gasteiger partial charge in [-0.05, 0) is 54.6 Å². The molecule has 162 valence electrons. The molecular weight excluding hydrogens is 430 g/mol. The van der Waals surface area contributed by atoms with E-state index in [1.807, 2.05) is 11.4 Å². The number of anilines is 2. The Bertz CT molecular complexity index is 1230. The fraction of sp³-hybridized carbons (Fsp3) is 0.0870. The lowest BCUT2D eigenvalue weighted by molar-refractivity contribution is 0.0995. The Hall–Kier alpha value is -4.11. The summed E-state index contributed by atoms with van der Waals surface area (Å²) in [6, 6.07) is 15.2. The van der Waals surface area contributed by atoms with Crippen molar-refractivity contribution in [2.45, 2.75) is 0 Å². The number of carbonyl (C=O) groups excluding carboxylic acids is 2. The maximum atomic E-state index is 12.6. The first-order chi connectivity index (χ1) is 15.6. The van der Waals surface area contributed by atoms with Crippen LogP contribution < -0.4 is 20.1 Å². The second-order valence-electron chi connectivity index (χ2n) is 6.57. The van der Waals surface area contributed by atoms with Gasteiger partial charge in [0, 0.05) is 22.2 Å². The topological polar surface area (TPSA) is 103 Å². The van der Waals surface area contributed by atoms with Crippen molar-refractivity contribution in [3.8, 4) is 22.8 Å². The lowest BCUT2D eigenvalue weighted by Crippen LogP contribution is -2.13. The highest BCUT2D eigenvalue weighted by atomic mass is 32.1. The van der Waals surface area contributed by atoms with Gasteiger partial charge in [-0.15, -0.1) is 11.3 Å². The monoisotopic (exact) mass is 449 g/mol. The second-order valence-corrected chi connectivity index (χ2v) is 7.43. The standard InChI is InChI=1S/C23H19N3O5S/c1-29-16-9-10-19(30-2)17(12-16)18-13-32-23(25-18)26-21(27)14-5-7-15(8-6-14)24-22(28)20-4-3-11-31-20/h3-13H,1-2H3,(H,24,28)(H,25,26,27). The van der Waals surface area contributed by atoms with Crippen LogP contribution in [0.2, 0.25) is 0 Å². The van der Waals surface area contributed by atoms with E-state index in [1.54, 1.807) is 62.8 Å². The van der Waals surface area contributed by atoms with Crippen LogP contribution in [0.25, 0.3) is 11.3 Å². The number of amides is 2. The zero-order valence-corrected chi connectivity index (χ0v) is 18.1. The number of aromatic nitrogens is 1. The normalized spacial score (nSPS) is 10.4. The Kier molecular flexibility index (Phi) is 6.18. The number of hydrogen-bond donors (Lipinski definition) is 2. The molecule has 2 aromatic heterocycles. The van der Waals surface area contributed by atoms with Gasteiger partial charge in [0.05, 0.1) is 26.2 Å². The molecule has 2 heterocycles.